The number of benzene rings is 2. The van der Waals surface area contributed by atoms with Crippen LogP contribution < -0.4 is 0 Å². The van der Waals surface area contributed by atoms with Gasteiger partial charge >= 0.3 is 0 Å². The van der Waals surface area contributed by atoms with Crippen molar-refractivity contribution in [2.45, 2.75) is 26.4 Å². The first kappa shape index (κ1) is 15.3. The van der Waals surface area contributed by atoms with E-state index >= 15 is 0 Å². The molecule has 0 spiro atoms. The van der Waals surface area contributed by atoms with Crippen molar-refractivity contribution in [3.05, 3.63) is 68.4 Å². The van der Waals surface area contributed by atoms with E-state index in [-0.39, 0.29) is 10.0 Å². The van der Waals surface area contributed by atoms with E-state index in [2.05, 4.69) is 0 Å². The zero-order chi connectivity index (χ0) is 15.1. The zero-order valence-electron chi connectivity index (χ0n) is 11.5. The van der Waals surface area contributed by atoms with Gasteiger partial charge in [0, 0.05) is 10.6 Å². The number of hydrogen-bond acceptors (Lipinski definition) is 1. The Balaban J connectivity index is 2.66. The molecular weight excluding hydrogens is 298 g/mol. The Labute approximate surface area is 128 Å². The lowest BCUT2D eigenvalue weighted by Gasteiger charge is -2.28. The minimum atomic E-state index is -1.39. The van der Waals surface area contributed by atoms with Crippen LogP contribution in [0, 0.1) is 19.7 Å². The van der Waals surface area contributed by atoms with Crippen LogP contribution in [0.15, 0.2) is 30.3 Å². The summed E-state index contributed by atoms with van der Waals surface area (Å²) >= 11 is 11.8. The second-order valence-corrected chi connectivity index (χ2v) is 5.95. The van der Waals surface area contributed by atoms with Crippen LogP contribution in [0.1, 0.15) is 29.2 Å². The fraction of sp³-hybridized carbons (Fsp3) is 0.250. The van der Waals surface area contributed by atoms with E-state index in [1.807, 2.05) is 32.0 Å². The molecule has 1 unspecified atom stereocenters. The molecule has 0 aliphatic carbocycles. The Bertz CT molecular complexity index is 666. The lowest BCUT2D eigenvalue weighted by molar-refractivity contribution is 0.101. The highest BCUT2D eigenvalue weighted by Gasteiger charge is 2.30. The Morgan fingerprint density at radius 1 is 1.00 bits per heavy atom. The maximum Gasteiger partial charge on any atom is 0.142 e. The van der Waals surface area contributed by atoms with Gasteiger partial charge < -0.3 is 5.11 Å². The van der Waals surface area contributed by atoms with Gasteiger partial charge in [-0.05, 0) is 44.0 Å². The molecule has 106 valence electrons. The van der Waals surface area contributed by atoms with Gasteiger partial charge in [-0.2, -0.15) is 0 Å². The van der Waals surface area contributed by atoms with Crippen LogP contribution in [0.4, 0.5) is 4.39 Å². The Kier molecular flexibility index (Phi) is 4.10. The first-order valence-corrected chi connectivity index (χ1v) is 6.94. The first-order valence-electron chi connectivity index (χ1n) is 6.18. The van der Waals surface area contributed by atoms with Crippen molar-refractivity contribution >= 4 is 23.2 Å². The van der Waals surface area contributed by atoms with Gasteiger partial charge in [0.05, 0.1) is 5.02 Å². The van der Waals surface area contributed by atoms with Gasteiger partial charge in [0.25, 0.3) is 0 Å². The van der Waals surface area contributed by atoms with Crippen molar-refractivity contribution in [1.82, 2.24) is 0 Å². The minimum absolute atomic E-state index is 0.0597. The molecule has 1 nitrogen and oxygen atoms in total. The summed E-state index contributed by atoms with van der Waals surface area (Å²) in [5, 5.41) is 11.0. The largest absolute Gasteiger partial charge is 0.381 e. The van der Waals surface area contributed by atoms with Crippen molar-refractivity contribution in [3.63, 3.8) is 0 Å². The number of aliphatic hydroxyl groups is 1. The fourth-order valence-corrected chi connectivity index (χ4v) is 2.87. The summed E-state index contributed by atoms with van der Waals surface area (Å²) in [7, 11) is 0. The molecule has 4 heteroatoms. The van der Waals surface area contributed by atoms with Gasteiger partial charge in [-0.1, -0.05) is 47.0 Å². The highest BCUT2D eigenvalue weighted by molar-refractivity contribution is 6.35. The zero-order valence-corrected chi connectivity index (χ0v) is 13.0. The molecule has 0 heterocycles. The minimum Gasteiger partial charge on any atom is -0.381 e. The van der Waals surface area contributed by atoms with Crippen LogP contribution in [-0.2, 0) is 5.60 Å². The van der Waals surface area contributed by atoms with E-state index in [4.69, 9.17) is 23.2 Å². The van der Waals surface area contributed by atoms with Gasteiger partial charge in [-0.3, -0.25) is 0 Å². The van der Waals surface area contributed by atoms with Crippen LogP contribution in [0.5, 0.6) is 0 Å². The van der Waals surface area contributed by atoms with Crippen molar-refractivity contribution in [2.75, 3.05) is 0 Å². The van der Waals surface area contributed by atoms with Crippen molar-refractivity contribution in [3.8, 4) is 0 Å². The first-order chi connectivity index (χ1) is 9.23. The van der Waals surface area contributed by atoms with Crippen LogP contribution in [0.25, 0.3) is 0 Å². The third kappa shape index (κ3) is 2.69. The van der Waals surface area contributed by atoms with E-state index in [1.165, 1.54) is 12.1 Å². The van der Waals surface area contributed by atoms with E-state index in [1.54, 1.807) is 6.92 Å². The van der Waals surface area contributed by atoms with Gasteiger partial charge in [0.2, 0.25) is 0 Å². The SMILES string of the molecule is Cc1ccc(C)c(C(C)(O)c2cc(F)c(Cl)cc2Cl)c1. The van der Waals surface area contributed by atoms with Crippen LogP contribution >= 0.6 is 23.2 Å². The molecule has 0 bridgehead atoms. The summed E-state index contributed by atoms with van der Waals surface area (Å²) in [6, 6.07) is 8.25. The van der Waals surface area contributed by atoms with Crippen LogP contribution in [0.3, 0.4) is 0 Å². The Morgan fingerprint density at radius 3 is 2.30 bits per heavy atom. The van der Waals surface area contributed by atoms with Gasteiger partial charge in [-0.15, -0.1) is 0 Å². The summed E-state index contributed by atoms with van der Waals surface area (Å²) in [6.07, 6.45) is 0. The number of aryl methyl sites for hydroxylation is 2. The van der Waals surface area contributed by atoms with Crippen molar-refractivity contribution in [2.24, 2.45) is 0 Å². The molecule has 1 N–H and O–H groups in total. The average Bonchev–Trinajstić information content (AvgIpc) is 2.36. The summed E-state index contributed by atoms with van der Waals surface area (Å²) in [4.78, 5) is 0. The molecule has 1 atom stereocenters. The maximum absolute atomic E-state index is 13.7. The Morgan fingerprint density at radius 2 is 1.65 bits per heavy atom. The molecule has 0 aromatic heterocycles. The third-order valence-corrected chi connectivity index (χ3v) is 4.05. The Hall–Kier alpha value is -1.09. The van der Waals surface area contributed by atoms with E-state index in [9.17, 15) is 9.50 Å². The molecule has 0 saturated carbocycles. The van der Waals surface area contributed by atoms with Crippen molar-refractivity contribution in [1.29, 1.82) is 0 Å². The molecule has 0 amide bonds. The second kappa shape index (κ2) is 5.36. The normalized spacial score (nSPS) is 14.2. The van der Waals surface area contributed by atoms with Gasteiger partial charge in [0.1, 0.15) is 11.4 Å². The third-order valence-electron chi connectivity index (χ3n) is 3.45. The molecule has 2 aromatic rings. The fourth-order valence-electron chi connectivity index (χ4n) is 2.30. The van der Waals surface area contributed by atoms with Crippen LogP contribution in [0.2, 0.25) is 10.0 Å². The molecule has 0 aliphatic heterocycles. The lowest BCUT2D eigenvalue weighted by atomic mass is 9.84. The number of halogens is 3. The van der Waals surface area contributed by atoms with E-state index in [0.29, 0.717) is 11.1 Å². The van der Waals surface area contributed by atoms with Gasteiger partial charge in [0.15, 0.2) is 0 Å². The number of rotatable bonds is 2. The summed E-state index contributed by atoms with van der Waals surface area (Å²) < 4.78 is 13.7. The smallest absolute Gasteiger partial charge is 0.142 e. The summed E-state index contributed by atoms with van der Waals surface area (Å²) in [5.41, 5.74) is 1.53. The lowest BCUT2D eigenvalue weighted by Crippen LogP contribution is -2.25. The van der Waals surface area contributed by atoms with E-state index in [0.717, 1.165) is 11.1 Å². The van der Waals surface area contributed by atoms with E-state index < -0.39 is 11.4 Å². The molecular formula is C16H15Cl2FO. The second-order valence-electron chi connectivity index (χ2n) is 5.14. The quantitative estimate of drug-likeness (QED) is 0.773. The average molecular weight is 313 g/mol. The number of hydrogen-bond donors (Lipinski definition) is 1. The monoisotopic (exact) mass is 312 g/mol. The molecule has 20 heavy (non-hydrogen) atoms. The topological polar surface area (TPSA) is 20.2 Å². The summed E-state index contributed by atoms with van der Waals surface area (Å²) in [6.45, 7) is 5.43. The predicted octanol–water partition coefficient (Wildman–Crippen LogP) is 5.01. The summed E-state index contributed by atoms with van der Waals surface area (Å²) in [5.74, 6) is -0.600. The maximum atomic E-state index is 13.7. The van der Waals surface area contributed by atoms with Crippen LogP contribution in [-0.4, -0.2) is 5.11 Å². The standard InChI is InChI=1S/C16H15Cl2FO/c1-9-4-5-10(2)11(6-9)16(3,20)12-7-15(19)14(18)8-13(12)17/h4-8,20H,1-3H3. The molecule has 0 aliphatic rings. The molecule has 0 saturated heterocycles. The highest BCUT2D eigenvalue weighted by Crippen LogP contribution is 2.37. The predicted molar refractivity (Wildman–Crippen MR) is 81.0 cm³/mol. The molecule has 2 rings (SSSR count). The van der Waals surface area contributed by atoms with Crippen molar-refractivity contribution < 1.29 is 9.50 Å². The molecule has 0 radical (unpaired) electrons. The highest BCUT2D eigenvalue weighted by atomic mass is 35.5. The molecule has 2 aromatic carbocycles. The molecule has 0 fully saturated rings. The van der Waals surface area contributed by atoms with Gasteiger partial charge in [-0.25, -0.2) is 4.39 Å².